The molecule has 1 aliphatic rings. The number of carbonyl (C=O) groups is 2. The van der Waals surface area contributed by atoms with E-state index in [-0.39, 0.29) is 17.2 Å². The van der Waals surface area contributed by atoms with Crippen molar-refractivity contribution in [2.45, 2.75) is 0 Å². The Hall–Kier alpha value is -2.47. The van der Waals surface area contributed by atoms with Crippen molar-refractivity contribution in [3.8, 4) is 5.75 Å². The highest BCUT2D eigenvalue weighted by Gasteiger charge is 2.32. The summed E-state index contributed by atoms with van der Waals surface area (Å²) >= 11 is 4.99. The van der Waals surface area contributed by atoms with Gasteiger partial charge in [0.05, 0.1) is 7.11 Å². The summed E-state index contributed by atoms with van der Waals surface area (Å²) in [6.45, 7) is 3.81. The first-order valence-corrected chi connectivity index (χ1v) is 6.62. The molecule has 2 amide bonds. The number of para-hydroxylation sites is 1. The number of carbonyl (C=O) groups excluding carboxylic acids is 2. The van der Waals surface area contributed by atoms with Gasteiger partial charge in [-0.2, -0.15) is 0 Å². The van der Waals surface area contributed by atoms with E-state index >= 15 is 0 Å². The Bertz CT molecular complexity index is 652. The number of nitrogens with zero attached hydrogens (tertiary/aromatic N) is 1. The molecule has 108 valence electrons. The summed E-state index contributed by atoms with van der Waals surface area (Å²) in [7, 11) is 1.53. The molecule has 0 aromatic heterocycles. The summed E-state index contributed by atoms with van der Waals surface area (Å²) in [5.41, 5.74) is 0.653. The molecule has 0 unspecified atom stereocenters. The number of hydrogen-bond donors (Lipinski definition) is 1. The van der Waals surface area contributed by atoms with Crippen LogP contribution < -0.4 is 10.1 Å². The summed E-state index contributed by atoms with van der Waals surface area (Å²) in [6.07, 6.45) is 3.04. The van der Waals surface area contributed by atoms with Crippen LogP contribution in [0.2, 0.25) is 0 Å². The maximum Gasteiger partial charge on any atom is 0.265 e. The van der Waals surface area contributed by atoms with Crippen molar-refractivity contribution >= 4 is 35.2 Å². The Balaban J connectivity index is 2.43. The molecule has 21 heavy (non-hydrogen) atoms. The number of nitrogens with one attached hydrogen (secondary N) is 1. The number of ether oxygens (including phenoxy) is 1. The van der Waals surface area contributed by atoms with E-state index in [0.717, 1.165) is 0 Å². The van der Waals surface area contributed by atoms with Crippen LogP contribution in [-0.2, 0) is 9.59 Å². The van der Waals surface area contributed by atoms with Gasteiger partial charge < -0.3 is 4.74 Å². The van der Waals surface area contributed by atoms with Crippen LogP contribution >= 0.6 is 12.2 Å². The van der Waals surface area contributed by atoms with E-state index in [1.165, 1.54) is 18.1 Å². The summed E-state index contributed by atoms with van der Waals surface area (Å²) in [6, 6.07) is 7.12. The molecule has 0 spiro atoms. The van der Waals surface area contributed by atoms with Crippen molar-refractivity contribution in [2.24, 2.45) is 0 Å². The smallest absolute Gasteiger partial charge is 0.265 e. The first kappa shape index (κ1) is 14.9. The SMILES string of the molecule is C=CCN1C(=O)/C(=C/c2ccccc2OC)C(=O)NC1=S. The van der Waals surface area contributed by atoms with Gasteiger partial charge in [0.2, 0.25) is 0 Å². The van der Waals surface area contributed by atoms with Gasteiger partial charge in [-0.15, -0.1) is 6.58 Å². The second-order valence-electron chi connectivity index (χ2n) is 4.26. The molecule has 1 fully saturated rings. The third kappa shape index (κ3) is 3.00. The van der Waals surface area contributed by atoms with Gasteiger partial charge in [0.25, 0.3) is 11.8 Å². The Morgan fingerprint density at radius 1 is 1.38 bits per heavy atom. The molecule has 1 heterocycles. The fraction of sp³-hybridized carbons (Fsp3) is 0.133. The molecule has 0 bridgehead atoms. The highest BCUT2D eigenvalue weighted by atomic mass is 32.1. The molecular formula is C15H14N2O3S. The van der Waals surface area contributed by atoms with E-state index in [0.29, 0.717) is 11.3 Å². The predicted molar refractivity (Wildman–Crippen MR) is 83.6 cm³/mol. The first-order valence-electron chi connectivity index (χ1n) is 6.21. The second kappa shape index (κ2) is 6.32. The van der Waals surface area contributed by atoms with Crippen LogP contribution in [0.5, 0.6) is 5.75 Å². The zero-order chi connectivity index (χ0) is 15.4. The van der Waals surface area contributed by atoms with Crippen molar-refractivity contribution in [1.82, 2.24) is 10.2 Å². The zero-order valence-electron chi connectivity index (χ0n) is 11.5. The summed E-state index contributed by atoms with van der Waals surface area (Å²) < 4.78 is 5.21. The molecule has 1 aromatic carbocycles. The Morgan fingerprint density at radius 2 is 2.10 bits per heavy atom. The van der Waals surface area contributed by atoms with Crippen LogP contribution in [0.1, 0.15) is 5.56 Å². The Kier molecular flexibility index (Phi) is 4.49. The molecule has 0 radical (unpaired) electrons. The Morgan fingerprint density at radius 3 is 2.76 bits per heavy atom. The number of benzene rings is 1. The molecule has 1 aromatic rings. The average molecular weight is 302 g/mol. The van der Waals surface area contributed by atoms with Crippen LogP contribution in [-0.4, -0.2) is 35.5 Å². The van der Waals surface area contributed by atoms with Gasteiger partial charge in [-0.1, -0.05) is 24.3 Å². The van der Waals surface area contributed by atoms with Gasteiger partial charge in [-0.25, -0.2) is 0 Å². The van der Waals surface area contributed by atoms with Crippen LogP contribution in [0.4, 0.5) is 0 Å². The molecule has 2 rings (SSSR count). The minimum atomic E-state index is -0.517. The van der Waals surface area contributed by atoms with Crippen LogP contribution in [0, 0.1) is 0 Å². The van der Waals surface area contributed by atoms with Crippen molar-refractivity contribution in [3.63, 3.8) is 0 Å². The van der Waals surface area contributed by atoms with Crippen LogP contribution in [0.3, 0.4) is 0 Å². The normalized spacial score (nSPS) is 16.9. The Labute approximate surface area is 127 Å². The minimum absolute atomic E-state index is 0.00921. The fourth-order valence-electron chi connectivity index (χ4n) is 1.93. The third-order valence-corrected chi connectivity index (χ3v) is 3.26. The monoisotopic (exact) mass is 302 g/mol. The number of amides is 2. The lowest BCUT2D eigenvalue weighted by Crippen LogP contribution is -2.53. The van der Waals surface area contributed by atoms with E-state index in [4.69, 9.17) is 17.0 Å². The van der Waals surface area contributed by atoms with Gasteiger partial charge in [0.15, 0.2) is 5.11 Å². The van der Waals surface area contributed by atoms with Gasteiger partial charge in [-0.05, 0) is 24.4 Å². The van der Waals surface area contributed by atoms with Crippen molar-refractivity contribution in [3.05, 3.63) is 48.1 Å². The maximum absolute atomic E-state index is 12.4. The maximum atomic E-state index is 12.4. The molecule has 1 N–H and O–H groups in total. The standard InChI is InChI=1S/C15H14N2O3S/c1-3-8-17-14(19)11(13(18)16-15(17)21)9-10-6-4-5-7-12(10)20-2/h3-7,9H,1,8H2,2H3,(H,16,18,21)/b11-9+. The van der Waals surface area contributed by atoms with E-state index in [1.54, 1.807) is 24.3 Å². The highest BCUT2D eigenvalue weighted by molar-refractivity contribution is 7.80. The first-order chi connectivity index (χ1) is 10.1. The summed E-state index contributed by atoms with van der Waals surface area (Å²) in [5, 5.41) is 2.58. The third-order valence-electron chi connectivity index (χ3n) is 2.94. The predicted octanol–water partition coefficient (Wildman–Crippen LogP) is 1.51. The van der Waals surface area contributed by atoms with Crippen molar-refractivity contribution in [1.29, 1.82) is 0 Å². The molecule has 6 heteroatoms. The molecule has 0 saturated carbocycles. The van der Waals surface area contributed by atoms with Crippen LogP contribution in [0.15, 0.2) is 42.5 Å². The van der Waals surface area contributed by atoms with Gasteiger partial charge in [0.1, 0.15) is 11.3 Å². The van der Waals surface area contributed by atoms with E-state index in [2.05, 4.69) is 11.9 Å². The fourth-order valence-corrected chi connectivity index (χ4v) is 2.18. The van der Waals surface area contributed by atoms with E-state index < -0.39 is 11.8 Å². The number of hydrogen-bond acceptors (Lipinski definition) is 4. The lowest BCUT2D eigenvalue weighted by molar-refractivity contribution is -0.128. The van der Waals surface area contributed by atoms with Gasteiger partial charge in [-0.3, -0.25) is 19.8 Å². The summed E-state index contributed by atoms with van der Waals surface area (Å²) in [5.74, 6) is -0.389. The van der Waals surface area contributed by atoms with Crippen molar-refractivity contribution < 1.29 is 14.3 Å². The van der Waals surface area contributed by atoms with Crippen molar-refractivity contribution in [2.75, 3.05) is 13.7 Å². The highest BCUT2D eigenvalue weighted by Crippen LogP contribution is 2.22. The number of rotatable bonds is 4. The topological polar surface area (TPSA) is 58.6 Å². The number of thiocarbonyl (C=S) groups is 1. The molecule has 5 nitrogen and oxygen atoms in total. The molecular weight excluding hydrogens is 288 g/mol. The minimum Gasteiger partial charge on any atom is -0.496 e. The lowest BCUT2D eigenvalue weighted by Gasteiger charge is -2.27. The number of methoxy groups -OCH3 is 1. The van der Waals surface area contributed by atoms with Gasteiger partial charge in [0, 0.05) is 12.1 Å². The second-order valence-corrected chi connectivity index (χ2v) is 4.65. The lowest BCUT2D eigenvalue weighted by atomic mass is 10.1. The van der Waals surface area contributed by atoms with E-state index in [1.807, 2.05) is 6.07 Å². The van der Waals surface area contributed by atoms with Crippen LogP contribution in [0.25, 0.3) is 6.08 Å². The zero-order valence-corrected chi connectivity index (χ0v) is 12.3. The quantitative estimate of drug-likeness (QED) is 0.396. The summed E-state index contributed by atoms with van der Waals surface area (Å²) in [4.78, 5) is 25.6. The largest absolute Gasteiger partial charge is 0.496 e. The molecule has 1 saturated heterocycles. The molecule has 0 atom stereocenters. The average Bonchev–Trinajstić information content (AvgIpc) is 2.48. The van der Waals surface area contributed by atoms with E-state index in [9.17, 15) is 9.59 Å². The van der Waals surface area contributed by atoms with Gasteiger partial charge >= 0.3 is 0 Å². The molecule has 0 aliphatic carbocycles. The molecule has 1 aliphatic heterocycles.